The molecule has 5 aromatic heterocycles. The van der Waals surface area contributed by atoms with E-state index in [-0.39, 0.29) is 0 Å². The summed E-state index contributed by atoms with van der Waals surface area (Å²) in [5.41, 5.74) is 32.2. The van der Waals surface area contributed by atoms with Crippen LogP contribution in [-0.4, -0.2) is 34.1 Å². The SMILES string of the molecule is CCc1nc2ccccc2n1-c1ccc(-c2ccc3c(c2)-c2ccccc2C32c3ccccc3-c3c2ccc2sc(C#N)c(-c4ccc(C#N)cc4)c32)cc1.CCc1nc2ccccc2n1-c1ccc2c(c1)-c1ccccc1C21c2ccccc2-c2c1ccc1sc(C#N)c(-c3nc(-c4ccccc4)nc(-c4ccccc4)n3)c21. The van der Waals surface area contributed by atoms with Gasteiger partial charge in [0.05, 0.1) is 50.1 Å². The van der Waals surface area contributed by atoms with E-state index >= 15 is 0 Å². The van der Waals surface area contributed by atoms with Crippen LogP contribution in [0.3, 0.4) is 0 Å². The van der Waals surface area contributed by atoms with E-state index in [0.717, 1.165) is 123 Å². The number of thiophene rings is 2. The molecule has 4 aliphatic carbocycles. The smallest absolute Gasteiger partial charge is 0.166 e. The number of hydrogen-bond acceptors (Lipinski definition) is 10. The maximum Gasteiger partial charge on any atom is 0.166 e. The predicted molar refractivity (Wildman–Crippen MR) is 459 cm³/mol. The predicted octanol–water partition coefficient (Wildman–Crippen LogP) is 24.4. The van der Waals surface area contributed by atoms with Crippen LogP contribution in [0.4, 0.5) is 0 Å². The largest absolute Gasteiger partial charge is 0.296 e. The molecule has 19 aromatic rings. The Balaban J connectivity index is 0.000000139. The van der Waals surface area contributed by atoms with Crippen molar-refractivity contribution in [3.05, 3.63) is 387 Å². The van der Waals surface area contributed by atoms with Gasteiger partial charge in [-0.1, -0.05) is 250 Å². The van der Waals surface area contributed by atoms with Crippen molar-refractivity contribution in [2.24, 2.45) is 0 Å². The molecule has 10 nitrogen and oxygen atoms in total. The number of aryl methyl sites for hydroxylation is 2. The Kier molecular flexibility index (Phi) is 15.0. The van der Waals surface area contributed by atoms with E-state index in [0.29, 0.717) is 32.8 Å². The first-order chi connectivity index (χ1) is 56.3. The number of para-hydroxylation sites is 4. The van der Waals surface area contributed by atoms with Crippen molar-refractivity contribution in [3.63, 3.8) is 0 Å². The number of nitrogens with zero attached hydrogens (tertiary/aromatic N) is 10. The second-order valence-electron chi connectivity index (χ2n) is 29.4. The standard InChI is InChI=1S/C52H32N6S.C50H30N4S/c1-2-45-54-41-23-13-14-24-42(41)58(45)33-25-26-39-36(29-33)34-19-9-11-21-37(34)52(39)38-22-12-10-20-35(38)46-40(52)27-28-43-47(46)48(44(30-53)59-43)51-56-49(31-15-5-3-6-16-31)55-50(57-51)32-17-7-4-8-18-32;1-2-46-53-42-13-7-8-14-43(42)54(46)34-22-19-31(20-23-34)33-21-24-40-37(27-33)35-9-3-5-11-38(35)50(40)39-12-6-4-10-36(39)48-41(50)25-26-44-49(48)47(45(29-52)55-44)32-17-15-30(28-51)16-18-32/h3-29H,2H2,1H3;3-27H,2H2,1H3. The Hall–Kier alpha value is -14.6. The fourth-order valence-electron chi connectivity index (χ4n) is 19.2. The van der Waals surface area contributed by atoms with Gasteiger partial charge >= 0.3 is 0 Å². The summed E-state index contributed by atoms with van der Waals surface area (Å²) in [5.74, 6) is 3.71. The molecule has 2 atom stereocenters. The van der Waals surface area contributed by atoms with Crippen LogP contribution in [0.2, 0.25) is 0 Å². The lowest BCUT2D eigenvalue weighted by Gasteiger charge is -2.30. The highest BCUT2D eigenvalue weighted by Crippen LogP contribution is 2.67. The molecular weight excluding hydrogens is 1430 g/mol. The lowest BCUT2D eigenvalue weighted by Crippen LogP contribution is -2.25. The number of nitriles is 3. The van der Waals surface area contributed by atoms with E-state index in [2.05, 4.69) is 266 Å². The van der Waals surface area contributed by atoms with Gasteiger partial charge in [0, 0.05) is 61.1 Å². The Labute approximate surface area is 665 Å². The Morgan fingerprint density at radius 2 is 0.693 bits per heavy atom. The molecule has 0 saturated heterocycles. The minimum Gasteiger partial charge on any atom is -0.296 e. The van der Waals surface area contributed by atoms with Gasteiger partial charge in [0.1, 0.15) is 33.5 Å². The zero-order valence-electron chi connectivity index (χ0n) is 61.7. The van der Waals surface area contributed by atoms with Crippen molar-refractivity contribution < 1.29 is 0 Å². The monoisotopic (exact) mass is 1490 g/mol. The van der Waals surface area contributed by atoms with Crippen LogP contribution < -0.4 is 0 Å². The molecule has 0 radical (unpaired) electrons. The first-order valence-electron chi connectivity index (χ1n) is 38.4. The van der Waals surface area contributed by atoms with Crippen LogP contribution in [0, 0.1) is 34.0 Å². The molecule has 114 heavy (non-hydrogen) atoms. The number of benzene rings is 14. The normalized spacial score (nSPS) is 14.7. The van der Waals surface area contributed by atoms with Crippen LogP contribution in [0.5, 0.6) is 0 Å². The number of rotatable bonds is 9. The number of hydrogen-bond donors (Lipinski definition) is 0. The summed E-state index contributed by atoms with van der Waals surface area (Å²) in [6, 6.07) is 119. The molecule has 0 saturated carbocycles. The zero-order chi connectivity index (χ0) is 76.1. The second-order valence-corrected chi connectivity index (χ2v) is 31.5. The van der Waals surface area contributed by atoms with Crippen molar-refractivity contribution in [1.82, 2.24) is 34.1 Å². The van der Waals surface area contributed by atoms with Gasteiger partial charge < -0.3 is 0 Å². The molecule has 4 aliphatic rings. The summed E-state index contributed by atoms with van der Waals surface area (Å²) >= 11 is 3.04. The molecule has 2 unspecified atom stereocenters. The van der Waals surface area contributed by atoms with Crippen molar-refractivity contribution in [2.75, 3.05) is 0 Å². The Morgan fingerprint density at radius 1 is 0.298 bits per heavy atom. The highest BCUT2D eigenvalue weighted by Gasteiger charge is 2.54. The van der Waals surface area contributed by atoms with Crippen LogP contribution >= 0.6 is 22.7 Å². The van der Waals surface area contributed by atoms with Gasteiger partial charge in [-0.25, -0.2) is 24.9 Å². The van der Waals surface area contributed by atoms with E-state index in [1.807, 2.05) is 91.0 Å². The van der Waals surface area contributed by atoms with E-state index in [4.69, 9.17) is 24.9 Å². The molecule has 0 amide bonds. The summed E-state index contributed by atoms with van der Waals surface area (Å²) in [6.45, 7) is 4.32. The molecule has 2 spiro atoms. The summed E-state index contributed by atoms with van der Waals surface area (Å²) in [7, 11) is 0. The maximum atomic E-state index is 10.9. The van der Waals surface area contributed by atoms with Crippen molar-refractivity contribution in [1.29, 1.82) is 15.8 Å². The molecule has 0 aliphatic heterocycles. The van der Waals surface area contributed by atoms with Crippen molar-refractivity contribution in [3.8, 4) is 131 Å². The summed E-state index contributed by atoms with van der Waals surface area (Å²) in [5, 5.41) is 32.9. The molecule has 0 fully saturated rings. The van der Waals surface area contributed by atoms with Gasteiger partial charge in [-0.2, -0.15) is 15.8 Å². The van der Waals surface area contributed by atoms with Crippen LogP contribution in [0.15, 0.2) is 315 Å². The third-order valence-electron chi connectivity index (χ3n) is 23.8. The zero-order valence-corrected chi connectivity index (χ0v) is 63.4. The third kappa shape index (κ3) is 9.46. The molecule has 0 bridgehead atoms. The fourth-order valence-corrected chi connectivity index (χ4v) is 21.3. The van der Waals surface area contributed by atoms with Crippen LogP contribution in [-0.2, 0) is 23.7 Å². The molecule has 14 aromatic carbocycles. The van der Waals surface area contributed by atoms with Crippen LogP contribution in [0.25, 0.3) is 155 Å². The lowest BCUT2D eigenvalue weighted by atomic mass is 9.70. The van der Waals surface area contributed by atoms with E-state index in [1.165, 1.54) is 94.8 Å². The van der Waals surface area contributed by atoms with Gasteiger partial charge in [0.15, 0.2) is 17.5 Å². The molecule has 0 N–H and O–H groups in total. The van der Waals surface area contributed by atoms with E-state index in [9.17, 15) is 15.8 Å². The topological polar surface area (TPSA) is 146 Å². The fraction of sp³-hybridized carbons (Fsp3) is 0.0588. The highest BCUT2D eigenvalue weighted by molar-refractivity contribution is 7.20. The third-order valence-corrected chi connectivity index (χ3v) is 26.0. The lowest BCUT2D eigenvalue weighted by molar-refractivity contribution is 0.793. The molecule has 12 heteroatoms. The van der Waals surface area contributed by atoms with Gasteiger partial charge in [-0.15, -0.1) is 22.7 Å². The Bertz CT molecular complexity index is 7370. The summed E-state index contributed by atoms with van der Waals surface area (Å²) in [4.78, 5) is 26.5. The molecule has 5 heterocycles. The second kappa shape index (κ2) is 25.8. The van der Waals surface area contributed by atoms with Crippen LogP contribution in [0.1, 0.15) is 85.3 Å². The summed E-state index contributed by atoms with van der Waals surface area (Å²) < 4.78 is 6.69. The molecular formula is C102H62N10S2. The molecule has 23 rings (SSSR count). The first-order valence-corrected chi connectivity index (χ1v) is 40.0. The van der Waals surface area contributed by atoms with Gasteiger partial charge in [-0.3, -0.25) is 9.13 Å². The van der Waals surface area contributed by atoms with Gasteiger partial charge in [0.25, 0.3) is 0 Å². The minimum absolute atomic E-state index is 0.489. The average molecular weight is 1490 g/mol. The van der Waals surface area contributed by atoms with Crippen molar-refractivity contribution >= 4 is 64.9 Å². The Morgan fingerprint density at radius 3 is 1.21 bits per heavy atom. The molecule has 532 valence electrons. The summed E-state index contributed by atoms with van der Waals surface area (Å²) in [6.07, 6.45) is 1.67. The van der Waals surface area contributed by atoms with E-state index < -0.39 is 10.8 Å². The quantitative estimate of drug-likeness (QED) is 0.139. The minimum atomic E-state index is -0.593. The number of aromatic nitrogens is 7. The van der Waals surface area contributed by atoms with Gasteiger partial charge in [-0.05, 0) is 185 Å². The highest BCUT2D eigenvalue weighted by atomic mass is 32.1. The number of imidazole rings is 2. The van der Waals surface area contributed by atoms with E-state index in [1.54, 1.807) is 11.3 Å². The average Bonchev–Trinajstić information content (AvgIpc) is 1.50. The van der Waals surface area contributed by atoms with Gasteiger partial charge in [0.2, 0.25) is 0 Å². The first kappa shape index (κ1) is 66.4. The maximum absolute atomic E-state index is 10.9. The van der Waals surface area contributed by atoms with Crippen molar-refractivity contribution in [2.45, 2.75) is 37.5 Å². The number of fused-ring (bicyclic) bond motifs is 26.